The fourth-order valence-electron chi connectivity index (χ4n) is 10.7. The van der Waals surface area contributed by atoms with Crippen molar-refractivity contribution in [1.82, 2.24) is 0 Å². The Morgan fingerprint density at radius 3 is 2.08 bits per heavy atom. The topological polar surface area (TPSA) is 120 Å². The number of ether oxygens (including phenoxy) is 3. The largest absolute Gasteiger partial charge is 0.511 e. The van der Waals surface area contributed by atoms with Gasteiger partial charge in [0.1, 0.15) is 6.10 Å². The monoisotopic (exact) mass is 1070 g/mol. The molecule has 1 aromatic rings. The number of halogens is 3. The van der Waals surface area contributed by atoms with Gasteiger partial charge in [0.2, 0.25) is 18.1 Å². The van der Waals surface area contributed by atoms with Crippen LogP contribution in [0.2, 0.25) is 0 Å². The third-order valence-electron chi connectivity index (χ3n) is 13.2. The molecule has 4 aliphatic rings. The number of nitrogens with one attached hydrogen (secondary N) is 2. The minimum atomic E-state index is -1.23. The summed E-state index contributed by atoms with van der Waals surface area (Å²) in [5.74, 6) is 3.19. The zero-order chi connectivity index (χ0) is 39.0. The van der Waals surface area contributed by atoms with E-state index in [0.29, 0.717) is 39.8 Å². The van der Waals surface area contributed by atoms with Crippen molar-refractivity contribution >= 4 is 103 Å². The van der Waals surface area contributed by atoms with Gasteiger partial charge in [0.05, 0.1) is 27.6 Å². The normalized spacial score (nSPS) is 30.2. The predicted molar refractivity (Wildman–Crippen MR) is 232 cm³/mol. The van der Waals surface area contributed by atoms with Gasteiger partial charge in [0, 0.05) is 27.2 Å². The van der Waals surface area contributed by atoms with E-state index in [1.54, 1.807) is 0 Å². The molecule has 0 saturated heterocycles. The summed E-state index contributed by atoms with van der Waals surface area (Å²) in [6, 6.07) is 0. The van der Waals surface area contributed by atoms with Crippen LogP contribution in [0.3, 0.4) is 0 Å². The van der Waals surface area contributed by atoms with Crippen molar-refractivity contribution in [3.8, 4) is 0 Å². The minimum Gasteiger partial charge on any atom is -0.431 e. The molecule has 1 aromatic carbocycles. The fraction of sp³-hybridized carbons (Fsp3) is 0.707. The maximum atomic E-state index is 13.5. The maximum Gasteiger partial charge on any atom is 0.511 e. The summed E-state index contributed by atoms with van der Waals surface area (Å²) in [5.41, 5.74) is 2.91. The van der Waals surface area contributed by atoms with Gasteiger partial charge in [-0.25, -0.2) is 9.59 Å². The van der Waals surface area contributed by atoms with Gasteiger partial charge in [0.25, 0.3) is 0 Å². The average molecular weight is 1070 g/mol. The fourth-order valence-corrected chi connectivity index (χ4v) is 14.8. The molecular weight excluding hydrogens is 1010 g/mol. The van der Waals surface area contributed by atoms with Crippen molar-refractivity contribution in [3.63, 3.8) is 0 Å². The zero-order valence-corrected chi connectivity index (χ0v) is 38.9. The standard InChI is InChI=1S/C41H57I3N2O7/c1-21(2)10-9-11-22(3)29-14-15-30-28-13-12-26-20-27(16-18-40(26,7)31(28)17-19-41(29,30)8)53-39(50)52-25(6)51-38(49)32-33(42)36(45-23(4)47)35(44)37(34(32)43)46-24(5)48/h12,21-22,25,27-31H,9-11,13-20H2,1-8H3,(H,45,47)(H,46,48)/t22-,25?,27+,28+,29-,30+,31+,40+,41-/m1/s1. The summed E-state index contributed by atoms with van der Waals surface area (Å²) in [5, 5.41) is 5.49. The van der Waals surface area contributed by atoms with Crippen LogP contribution in [0.15, 0.2) is 11.6 Å². The second-order valence-corrected chi connectivity index (χ2v) is 20.3. The second kappa shape index (κ2) is 17.5. The number of carbonyl (C=O) groups excluding carboxylic acids is 4. The number of benzene rings is 1. The lowest BCUT2D eigenvalue weighted by Crippen LogP contribution is -2.51. The molecule has 0 heterocycles. The van der Waals surface area contributed by atoms with Crippen LogP contribution in [0.25, 0.3) is 0 Å². The number of hydrogen-bond donors (Lipinski definition) is 2. The SMILES string of the molecule is CC(=O)Nc1c(I)c(NC(C)=O)c(I)c(C(=O)OC(C)OC(=O)O[C@H]2CC[C@@]3(C)C(=CC[C@H]4[C@@H]5CC[C@H]([C@H](C)CCCC(C)C)[C@@]5(C)CC[C@@H]43)C2)c1I. The van der Waals surface area contributed by atoms with Crippen molar-refractivity contribution in [2.75, 3.05) is 10.6 Å². The highest BCUT2D eigenvalue weighted by Gasteiger charge is 2.59. The number of amides is 2. The van der Waals surface area contributed by atoms with Crippen molar-refractivity contribution in [3.05, 3.63) is 27.9 Å². The molecule has 3 saturated carbocycles. The maximum absolute atomic E-state index is 13.5. The number of anilines is 2. The molecule has 0 aliphatic heterocycles. The Kier molecular flexibility index (Phi) is 14.2. The number of carbonyl (C=O) groups is 4. The van der Waals surface area contributed by atoms with Gasteiger partial charge in [-0.15, -0.1) is 0 Å². The Morgan fingerprint density at radius 1 is 0.830 bits per heavy atom. The van der Waals surface area contributed by atoms with Crippen LogP contribution >= 0.6 is 67.8 Å². The Bertz CT molecular complexity index is 1590. The summed E-state index contributed by atoms with van der Waals surface area (Å²) in [6.07, 6.45) is 13.1. The van der Waals surface area contributed by atoms with E-state index in [1.807, 2.05) is 67.8 Å². The Hall–Kier alpha value is -1.17. The zero-order valence-electron chi connectivity index (χ0n) is 32.5. The number of esters is 1. The van der Waals surface area contributed by atoms with Gasteiger partial charge in [-0.2, -0.15) is 0 Å². The molecule has 1 unspecified atom stereocenters. The molecule has 9 nitrogen and oxygen atoms in total. The van der Waals surface area contributed by atoms with E-state index >= 15 is 0 Å². The number of fused-ring (bicyclic) bond motifs is 5. The highest BCUT2D eigenvalue weighted by atomic mass is 127. The van der Waals surface area contributed by atoms with Gasteiger partial charge >= 0.3 is 12.1 Å². The summed E-state index contributed by atoms with van der Waals surface area (Å²) in [7, 11) is 0. The predicted octanol–water partition coefficient (Wildman–Crippen LogP) is 11.5. The summed E-state index contributed by atoms with van der Waals surface area (Å²) in [6.45, 7) is 16.5. The molecule has 0 bridgehead atoms. The van der Waals surface area contributed by atoms with Crippen LogP contribution in [0.4, 0.5) is 16.2 Å². The van der Waals surface area contributed by atoms with Gasteiger partial charge in [0.15, 0.2) is 0 Å². The van der Waals surface area contributed by atoms with Crippen LogP contribution in [-0.4, -0.2) is 36.3 Å². The minimum absolute atomic E-state index is 0.131. The molecule has 4 aliphatic carbocycles. The van der Waals surface area contributed by atoms with Crippen LogP contribution < -0.4 is 10.6 Å². The molecule has 53 heavy (non-hydrogen) atoms. The smallest absolute Gasteiger partial charge is 0.431 e. The summed E-state index contributed by atoms with van der Waals surface area (Å²) in [4.78, 5) is 50.4. The molecule has 3 fully saturated rings. The van der Waals surface area contributed by atoms with E-state index in [9.17, 15) is 19.2 Å². The molecule has 294 valence electrons. The van der Waals surface area contributed by atoms with Gasteiger partial charge in [-0.3, -0.25) is 9.59 Å². The van der Waals surface area contributed by atoms with Crippen molar-refractivity contribution in [1.29, 1.82) is 0 Å². The second-order valence-electron chi connectivity index (χ2n) is 17.0. The molecule has 12 heteroatoms. The quantitative estimate of drug-likeness (QED) is 0.0980. The Morgan fingerprint density at radius 2 is 1.47 bits per heavy atom. The lowest BCUT2D eigenvalue weighted by atomic mass is 9.47. The van der Waals surface area contributed by atoms with Crippen LogP contribution in [0, 0.1) is 57.0 Å². The number of rotatable bonds is 11. The Balaban J connectivity index is 1.19. The number of hydrogen-bond acceptors (Lipinski definition) is 7. The molecule has 2 amide bonds. The molecule has 5 rings (SSSR count). The van der Waals surface area contributed by atoms with Gasteiger partial charge in [-0.1, -0.05) is 65.5 Å². The Labute approximate surface area is 356 Å². The molecule has 0 spiro atoms. The van der Waals surface area contributed by atoms with E-state index in [2.05, 4.69) is 51.3 Å². The molecule has 9 atom stereocenters. The van der Waals surface area contributed by atoms with Crippen LogP contribution in [-0.2, 0) is 23.8 Å². The van der Waals surface area contributed by atoms with Crippen molar-refractivity contribution in [2.24, 2.45) is 46.3 Å². The van der Waals surface area contributed by atoms with E-state index in [0.717, 1.165) is 48.9 Å². The molecule has 0 aromatic heterocycles. The van der Waals surface area contributed by atoms with Gasteiger partial charge < -0.3 is 24.8 Å². The molecule has 0 radical (unpaired) electrons. The lowest BCUT2D eigenvalue weighted by molar-refractivity contribution is -0.115. The summed E-state index contributed by atoms with van der Waals surface area (Å²) >= 11 is 5.96. The first-order chi connectivity index (χ1) is 24.9. The lowest BCUT2D eigenvalue weighted by Gasteiger charge is -2.58. The van der Waals surface area contributed by atoms with Crippen LogP contribution in [0.5, 0.6) is 0 Å². The third kappa shape index (κ3) is 9.19. The van der Waals surface area contributed by atoms with E-state index < -0.39 is 18.4 Å². The van der Waals surface area contributed by atoms with Crippen molar-refractivity contribution < 1.29 is 33.4 Å². The first-order valence-electron chi connectivity index (χ1n) is 19.4. The van der Waals surface area contributed by atoms with Crippen molar-refractivity contribution in [2.45, 2.75) is 138 Å². The summed E-state index contributed by atoms with van der Waals surface area (Å²) < 4.78 is 18.3. The first-order valence-corrected chi connectivity index (χ1v) is 22.6. The highest BCUT2D eigenvalue weighted by molar-refractivity contribution is 14.1. The molecular formula is C41H57I3N2O7. The molecule has 2 N–H and O–H groups in total. The van der Waals surface area contributed by atoms with Crippen LogP contribution in [0.1, 0.15) is 136 Å². The van der Waals surface area contributed by atoms with E-state index in [1.165, 1.54) is 71.3 Å². The first kappa shape index (κ1) is 43.0. The third-order valence-corrected chi connectivity index (χ3v) is 16.4. The highest BCUT2D eigenvalue weighted by Crippen LogP contribution is 2.67. The number of allylic oxidation sites excluding steroid dienone is 1. The van der Waals surface area contributed by atoms with Gasteiger partial charge in [-0.05, 0) is 159 Å². The van der Waals surface area contributed by atoms with E-state index in [4.69, 9.17) is 14.2 Å². The average Bonchev–Trinajstić information content (AvgIpc) is 3.42. The van der Waals surface area contributed by atoms with E-state index in [-0.39, 0.29) is 28.9 Å².